The maximum Gasteiger partial charge on any atom is 0.418 e. The largest absolute Gasteiger partial charge is 0.480 e. The molecule has 44 heavy (non-hydrogen) atoms. The van der Waals surface area contributed by atoms with Crippen molar-refractivity contribution in [3.63, 3.8) is 0 Å². The summed E-state index contributed by atoms with van der Waals surface area (Å²) in [6.45, 7) is 13.6. The first-order chi connectivity index (χ1) is 20.3. The maximum atomic E-state index is 15.6. The van der Waals surface area contributed by atoms with Gasteiger partial charge < -0.3 is 14.6 Å². The summed E-state index contributed by atoms with van der Waals surface area (Å²) in [4.78, 5) is 39.8. The fraction of sp³-hybridized carbons (Fsp3) is 0.500. The zero-order chi connectivity index (χ0) is 32.7. The normalized spacial score (nSPS) is 23.5. The topological polar surface area (TPSA) is 114 Å². The lowest BCUT2D eigenvalue weighted by Crippen LogP contribution is -2.47. The van der Waals surface area contributed by atoms with E-state index in [1.165, 1.54) is 41.6 Å². The highest BCUT2D eigenvalue weighted by Gasteiger charge is 2.72. The predicted octanol–water partition coefficient (Wildman–Crippen LogP) is 7.45. The number of nitrogens with zero attached hydrogens (tertiary/aromatic N) is 4. The van der Waals surface area contributed by atoms with Crippen LogP contribution < -0.4 is 0 Å². The summed E-state index contributed by atoms with van der Waals surface area (Å²) in [6.07, 6.45) is 2.98. The molecule has 1 N–H and O–H groups in total. The van der Waals surface area contributed by atoms with E-state index < -0.39 is 53.6 Å². The zero-order valence-electron chi connectivity index (χ0n) is 25.8. The third-order valence-electron chi connectivity index (χ3n) is 7.31. The zero-order valence-corrected chi connectivity index (χ0v) is 28.4. The van der Waals surface area contributed by atoms with Gasteiger partial charge in [-0.2, -0.15) is 0 Å². The van der Waals surface area contributed by atoms with Crippen LogP contribution in [-0.2, 0) is 19.8 Å². The molecule has 3 unspecified atom stereocenters. The quantitative estimate of drug-likeness (QED) is 0.167. The number of carbonyl (C=O) groups is 2. The fourth-order valence-corrected chi connectivity index (χ4v) is 7.19. The molecule has 238 valence electrons. The van der Waals surface area contributed by atoms with Crippen molar-refractivity contribution >= 4 is 60.6 Å². The molecule has 14 heteroatoms. The molecule has 1 fully saturated rings. The molecule has 1 saturated carbocycles. The summed E-state index contributed by atoms with van der Waals surface area (Å²) in [6, 6.07) is 4.85. The number of hydrogen-bond donors (Lipinski definition) is 1. The molecule has 1 aliphatic carbocycles. The number of carboxylic acids is 1. The second kappa shape index (κ2) is 12.5. The van der Waals surface area contributed by atoms with Crippen molar-refractivity contribution < 1.29 is 33.0 Å². The molecule has 9 nitrogen and oxygen atoms in total. The summed E-state index contributed by atoms with van der Waals surface area (Å²) < 4.78 is 40.8. The fourth-order valence-electron chi connectivity index (χ4n) is 4.83. The van der Waals surface area contributed by atoms with E-state index in [2.05, 4.69) is 29.6 Å². The number of ether oxygens (including phenoxy) is 2. The van der Waals surface area contributed by atoms with E-state index in [4.69, 9.17) is 26.1 Å². The molecule has 2 aliphatic rings. The highest BCUT2D eigenvalue weighted by Crippen LogP contribution is 2.66. The monoisotopic (exact) mass is 666 g/mol. The Morgan fingerprint density at radius 2 is 1.95 bits per heavy atom. The van der Waals surface area contributed by atoms with E-state index in [0.29, 0.717) is 12.2 Å². The predicted molar refractivity (Wildman–Crippen MR) is 170 cm³/mol. The second-order valence-electron chi connectivity index (χ2n) is 13.3. The van der Waals surface area contributed by atoms with Gasteiger partial charge in [-0.1, -0.05) is 49.1 Å². The molecule has 0 radical (unpaired) electrons. The van der Waals surface area contributed by atoms with Crippen molar-refractivity contribution in [3.05, 3.63) is 58.4 Å². The summed E-state index contributed by atoms with van der Waals surface area (Å²) in [7, 11) is -1.44. The Balaban J connectivity index is 1.76. The van der Waals surface area contributed by atoms with Gasteiger partial charge in [0, 0.05) is 26.2 Å². The molecular formula is C30H37ClF2N4O5SSi. The number of aliphatic imine (C=N–C) groups is 1. The van der Waals surface area contributed by atoms with Gasteiger partial charge in [-0.05, 0) is 63.9 Å². The molecule has 2 aromatic rings. The Morgan fingerprint density at radius 1 is 1.25 bits per heavy atom. The lowest BCUT2D eigenvalue weighted by molar-refractivity contribution is -0.137. The molecule has 2 heterocycles. The van der Waals surface area contributed by atoms with Crippen molar-refractivity contribution in [3.8, 4) is 0 Å². The lowest BCUT2D eigenvalue weighted by atomic mass is 9.84. The van der Waals surface area contributed by atoms with Crippen molar-refractivity contribution in [2.45, 2.75) is 75.7 Å². The molecular weight excluding hydrogens is 630 g/mol. The SMILES string of the molecule is CC(C)(C)OC(=O)N(COCC[Si](C)(C)C)C1=NC(C)(c2cc(/C=C(\F)c3cnc(Cl)cn3)ccc2F)C2CC2(C(=O)O)S1. The van der Waals surface area contributed by atoms with Crippen LogP contribution in [0.3, 0.4) is 0 Å². The minimum atomic E-state index is -1.44. The molecule has 1 aromatic carbocycles. The number of amidine groups is 1. The first-order valence-electron chi connectivity index (χ1n) is 14.1. The number of benzene rings is 1. The summed E-state index contributed by atoms with van der Waals surface area (Å²) in [5.41, 5.74) is -1.96. The first kappa shape index (κ1) is 34.0. The van der Waals surface area contributed by atoms with Gasteiger partial charge in [0.1, 0.15) is 33.7 Å². The highest BCUT2D eigenvalue weighted by molar-refractivity contribution is 8.15. The molecule has 0 bridgehead atoms. The Bertz CT molecular complexity index is 1500. The Labute approximate surface area is 266 Å². The standard InChI is InChI=1S/C30H37ClF2N4O5SSi/c1-28(2,3)42-27(40)37(17-41-10-11-44(5,6)7)26-36-29(4,23-14-30(23,43-26)25(38)39)19-12-18(8-9-20(19)32)13-21(33)22-15-35-24(31)16-34-22/h8-9,12-13,15-16,23H,10-11,14,17H2,1-7H3,(H,38,39)/b21-13-. The Hall–Kier alpha value is -2.87. The molecule has 0 spiro atoms. The average Bonchev–Trinajstić information content (AvgIpc) is 3.66. The van der Waals surface area contributed by atoms with Crippen LogP contribution in [0.25, 0.3) is 11.9 Å². The molecule has 1 aliphatic heterocycles. The highest BCUT2D eigenvalue weighted by atomic mass is 35.5. The van der Waals surface area contributed by atoms with Crippen LogP contribution in [0.15, 0.2) is 35.6 Å². The number of carbonyl (C=O) groups excluding carboxylic acids is 1. The van der Waals surface area contributed by atoms with Gasteiger partial charge in [-0.3, -0.25) is 9.79 Å². The molecule has 0 saturated heterocycles. The maximum absolute atomic E-state index is 15.6. The van der Waals surface area contributed by atoms with Crippen LogP contribution in [0.2, 0.25) is 30.8 Å². The van der Waals surface area contributed by atoms with E-state index in [1.54, 1.807) is 27.7 Å². The minimum absolute atomic E-state index is 0.0499. The summed E-state index contributed by atoms with van der Waals surface area (Å²) >= 11 is 6.70. The van der Waals surface area contributed by atoms with E-state index in [1.807, 2.05) is 0 Å². The van der Waals surface area contributed by atoms with Crippen LogP contribution in [0.4, 0.5) is 13.6 Å². The van der Waals surface area contributed by atoms with Crippen LogP contribution in [-0.4, -0.2) is 69.0 Å². The number of halogens is 3. The number of rotatable bonds is 9. The van der Waals surface area contributed by atoms with Gasteiger partial charge in [-0.15, -0.1) is 0 Å². The lowest BCUT2D eigenvalue weighted by Gasteiger charge is -2.37. The molecule has 3 atom stereocenters. The summed E-state index contributed by atoms with van der Waals surface area (Å²) in [5.74, 6) is -3.07. The van der Waals surface area contributed by atoms with Crippen LogP contribution >= 0.6 is 23.4 Å². The number of carboxylic acid groups (broad SMARTS) is 1. The van der Waals surface area contributed by atoms with Crippen LogP contribution in [0.5, 0.6) is 0 Å². The number of hydrogen-bond acceptors (Lipinski definition) is 8. The second-order valence-corrected chi connectivity index (χ2v) is 20.6. The van der Waals surface area contributed by atoms with Gasteiger partial charge in [0.2, 0.25) is 0 Å². The van der Waals surface area contributed by atoms with Crippen molar-refractivity contribution in [1.29, 1.82) is 0 Å². The third-order valence-corrected chi connectivity index (χ3v) is 10.7. The van der Waals surface area contributed by atoms with Gasteiger partial charge in [0.25, 0.3) is 0 Å². The van der Waals surface area contributed by atoms with Crippen molar-refractivity contribution in [2.75, 3.05) is 13.3 Å². The van der Waals surface area contributed by atoms with Gasteiger partial charge >= 0.3 is 12.1 Å². The smallest absolute Gasteiger partial charge is 0.418 e. The number of thioether (sulfide) groups is 1. The number of amides is 1. The molecule has 1 amide bonds. The van der Waals surface area contributed by atoms with E-state index in [9.17, 15) is 14.7 Å². The Kier molecular flexibility index (Phi) is 9.66. The van der Waals surface area contributed by atoms with Crippen LogP contribution in [0, 0.1) is 11.7 Å². The average molecular weight is 667 g/mol. The van der Waals surface area contributed by atoms with Gasteiger partial charge in [0.15, 0.2) is 11.0 Å². The van der Waals surface area contributed by atoms with E-state index in [0.717, 1.165) is 17.8 Å². The molecule has 1 aromatic heterocycles. The number of fused-ring (bicyclic) bond motifs is 1. The van der Waals surface area contributed by atoms with E-state index in [-0.39, 0.29) is 34.7 Å². The number of aliphatic carboxylic acids is 1. The van der Waals surface area contributed by atoms with Crippen LogP contribution in [0.1, 0.15) is 50.9 Å². The third kappa shape index (κ3) is 7.67. The van der Waals surface area contributed by atoms with Gasteiger partial charge in [-0.25, -0.2) is 28.4 Å². The van der Waals surface area contributed by atoms with Crippen molar-refractivity contribution in [2.24, 2.45) is 10.9 Å². The first-order valence-corrected chi connectivity index (χ1v) is 19.0. The van der Waals surface area contributed by atoms with Crippen molar-refractivity contribution in [1.82, 2.24) is 14.9 Å². The van der Waals surface area contributed by atoms with Gasteiger partial charge in [0.05, 0.1) is 17.9 Å². The Morgan fingerprint density at radius 3 is 2.55 bits per heavy atom. The van der Waals surface area contributed by atoms with E-state index >= 15 is 8.78 Å². The summed E-state index contributed by atoms with van der Waals surface area (Å²) in [5, 5.41) is 10.5. The molecule has 4 rings (SSSR count). The minimum Gasteiger partial charge on any atom is -0.480 e. The number of aromatic nitrogens is 2.